The van der Waals surface area contributed by atoms with E-state index in [2.05, 4.69) is 102 Å². The highest BCUT2D eigenvalue weighted by atomic mass is 16.3. The first kappa shape index (κ1) is 23.4. The van der Waals surface area contributed by atoms with Crippen molar-refractivity contribution in [3.05, 3.63) is 138 Å². The molecule has 0 bridgehead atoms. The molecule has 0 saturated heterocycles. The largest absolute Gasteiger partial charge is 0.508 e. The maximum atomic E-state index is 9.97. The third kappa shape index (κ3) is 5.64. The summed E-state index contributed by atoms with van der Waals surface area (Å²) in [6.07, 6.45) is 0.929. The molecule has 0 amide bonds. The molecule has 4 aromatic carbocycles. The minimum Gasteiger partial charge on any atom is -0.508 e. The van der Waals surface area contributed by atoms with Crippen molar-refractivity contribution in [3.8, 4) is 28.1 Å². The van der Waals surface area contributed by atoms with Crippen molar-refractivity contribution in [2.45, 2.75) is 19.9 Å². The second-order valence-electron chi connectivity index (χ2n) is 9.11. The van der Waals surface area contributed by atoms with Crippen LogP contribution >= 0.6 is 0 Å². The van der Waals surface area contributed by atoms with E-state index in [9.17, 15) is 5.11 Å². The first-order valence-corrected chi connectivity index (χ1v) is 12.4. The summed E-state index contributed by atoms with van der Waals surface area (Å²) in [6, 6.07) is 41.4. The average Bonchev–Trinajstić information content (AvgIpc) is 2.92. The molecule has 5 aromatic rings. The molecule has 0 aliphatic rings. The van der Waals surface area contributed by atoms with Crippen LogP contribution in [0.25, 0.3) is 22.4 Å². The minimum atomic E-state index is 0.268. The number of rotatable bonds is 8. The molecule has 0 aliphatic carbocycles. The molecule has 0 spiro atoms. The first-order chi connectivity index (χ1) is 17.7. The van der Waals surface area contributed by atoms with Crippen LogP contribution in [0.4, 0.5) is 5.82 Å². The predicted octanol–water partition coefficient (Wildman–Crippen LogP) is 7.68. The maximum absolute atomic E-state index is 9.97. The molecule has 0 atom stereocenters. The number of hydrogen-bond acceptors (Lipinski definition) is 3. The Kier molecular flexibility index (Phi) is 7.09. The molecule has 0 saturated carbocycles. The summed E-state index contributed by atoms with van der Waals surface area (Å²) in [5.74, 6) is 1.21. The van der Waals surface area contributed by atoms with Crippen LogP contribution in [0.15, 0.2) is 121 Å². The topological polar surface area (TPSA) is 36.4 Å². The fourth-order valence-electron chi connectivity index (χ4n) is 4.54. The van der Waals surface area contributed by atoms with Gasteiger partial charge in [-0.25, -0.2) is 4.98 Å². The lowest BCUT2D eigenvalue weighted by atomic mass is 10.00. The lowest BCUT2D eigenvalue weighted by molar-refractivity contribution is 0.475. The van der Waals surface area contributed by atoms with Crippen LogP contribution in [0, 0.1) is 6.92 Å². The van der Waals surface area contributed by atoms with Crippen LogP contribution in [-0.2, 0) is 13.0 Å². The number of benzene rings is 4. The number of nitrogens with zero attached hydrogens (tertiary/aromatic N) is 2. The molecule has 0 unspecified atom stereocenters. The number of phenolic OH excluding ortho intramolecular Hbond substituents is 1. The molecule has 3 heteroatoms. The Labute approximate surface area is 213 Å². The van der Waals surface area contributed by atoms with Crippen molar-refractivity contribution in [1.29, 1.82) is 0 Å². The van der Waals surface area contributed by atoms with E-state index in [1.807, 2.05) is 19.1 Å². The molecule has 178 valence electrons. The fourth-order valence-corrected chi connectivity index (χ4v) is 4.54. The number of pyridine rings is 1. The van der Waals surface area contributed by atoms with E-state index in [1.165, 1.54) is 11.1 Å². The highest BCUT2D eigenvalue weighted by Crippen LogP contribution is 2.32. The van der Waals surface area contributed by atoms with Gasteiger partial charge in [-0.1, -0.05) is 91.0 Å². The second-order valence-corrected chi connectivity index (χ2v) is 9.11. The maximum Gasteiger partial charge on any atom is 0.130 e. The van der Waals surface area contributed by atoms with Gasteiger partial charge in [-0.2, -0.15) is 0 Å². The Balaban J connectivity index is 1.59. The highest BCUT2D eigenvalue weighted by Gasteiger charge is 2.15. The monoisotopic (exact) mass is 470 g/mol. The minimum absolute atomic E-state index is 0.268. The van der Waals surface area contributed by atoms with E-state index < -0.39 is 0 Å². The summed E-state index contributed by atoms with van der Waals surface area (Å²) < 4.78 is 0. The van der Waals surface area contributed by atoms with Crippen molar-refractivity contribution in [3.63, 3.8) is 0 Å². The van der Waals surface area contributed by atoms with Gasteiger partial charge in [-0.05, 0) is 71.5 Å². The third-order valence-corrected chi connectivity index (χ3v) is 6.46. The Morgan fingerprint density at radius 2 is 1.31 bits per heavy atom. The van der Waals surface area contributed by atoms with Crippen LogP contribution in [0.5, 0.6) is 5.75 Å². The third-order valence-electron chi connectivity index (χ3n) is 6.46. The normalized spacial score (nSPS) is 10.8. The van der Waals surface area contributed by atoms with E-state index in [-0.39, 0.29) is 5.75 Å². The van der Waals surface area contributed by atoms with Gasteiger partial charge in [0.05, 0.1) is 5.69 Å². The number of aryl methyl sites for hydroxylation is 1. The Morgan fingerprint density at radius 3 is 1.97 bits per heavy atom. The zero-order chi connectivity index (χ0) is 24.7. The van der Waals surface area contributed by atoms with Crippen molar-refractivity contribution in [1.82, 2.24) is 4.98 Å². The molecule has 36 heavy (non-hydrogen) atoms. The van der Waals surface area contributed by atoms with E-state index in [0.29, 0.717) is 0 Å². The predicted molar refractivity (Wildman–Crippen MR) is 149 cm³/mol. The number of phenols is 1. The van der Waals surface area contributed by atoms with Gasteiger partial charge in [-0.15, -0.1) is 0 Å². The van der Waals surface area contributed by atoms with Gasteiger partial charge < -0.3 is 10.0 Å². The van der Waals surface area contributed by atoms with Gasteiger partial charge in [0.25, 0.3) is 0 Å². The van der Waals surface area contributed by atoms with E-state index in [0.717, 1.165) is 53.3 Å². The molecule has 1 heterocycles. The van der Waals surface area contributed by atoms with Gasteiger partial charge in [0.2, 0.25) is 0 Å². The molecule has 0 radical (unpaired) electrons. The summed E-state index contributed by atoms with van der Waals surface area (Å²) in [5.41, 5.74) is 7.76. The van der Waals surface area contributed by atoms with E-state index >= 15 is 0 Å². The van der Waals surface area contributed by atoms with Crippen molar-refractivity contribution >= 4 is 5.82 Å². The van der Waals surface area contributed by atoms with Crippen molar-refractivity contribution in [2.24, 2.45) is 0 Å². The zero-order valence-electron chi connectivity index (χ0n) is 20.5. The zero-order valence-corrected chi connectivity index (χ0v) is 20.5. The van der Waals surface area contributed by atoms with E-state index in [1.54, 1.807) is 12.1 Å². The first-order valence-electron chi connectivity index (χ1n) is 12.4. The number of hydrogen-bond donors (Lipinski definition) is 1. The number of aromatic nitrogens is 1. The van der Waals surface area contributed by atoms with Gasteiger partial charge in [-0.3, -0.25) is 0 Å². The van der Waals surface area contributed by atoms with Crippen molar-refractivity contribution in [2.75, 3.05) is 11.4 Å². The van der Waals surface area contributed by atoms with Gasteiger partial charge in [0, 0.05) is 18.7 Å². The van der Waals surface area contributed by atoms with E-state index in [4.69, 9.17) is 4.98 Å². The number of aromatic hydroxyl groups is 1. The Hall–Kier alpha value is -4.37. The molecular formula is C33H30N2O. The summed E-state index contributed by atoms with van der Waals surface area (Å²) in [4.78, 5) is 7.54. The lowest BCUT2D eigenvalue weighted by Crippen LogP contribution is -2.26. The quantitative estimate of drug-likeness (QED) is 0.253. The smallest absolute Gasteiger partial charge is 0.130 e. The van der Waals surface area contributed by atoms with Crippen LogP contribution in [0.3, 0.4) is 0 Å². The molecule has 1 aromatic heterocycles. The molecule has 1 N–H and O–H groups in total. The Morgan fingerprint density at radius 1 is 0.667 bits per heavy atom. The highest BCUT2D eigenvalue weighted by molar-refractivity contribution is 5.75. The van der Waals surface area contributed by atoms with Crippen LogP contribution in [0.1, 0.15) is 16.7 Å². The SMILES string of the molecule is Cc1cc(O)ccc1-c1cc(-c2ccccc2)cc(N(CCc2ccccc2)Cc2ccccc2)n1. The molecule has 0 aliphatic heterocycles. The lowest BCUT2D eigenvalue weighted by Gasteiger charge is -2.26. The number of anilines is 1. The van der Waals surface area contributed by atoms with Crippen LogP contribution in [-0.4, -0.2) is 16.6 Å². The summed E-state index contributed by atoms with van der Waals surface area (Å²) in [5, 5.41) is 9.97. The van der Waals surface area contributed by atoms with Gasteiger partial charge in [0.15, 0.2) is 0 Å². The summed E-state index contributed by atoms with van der Waals surface area (Å²) in [6.45, 7) is 3.63. The second kappa shape index (κ2) is 10.9. The average molecular weight is 471 g/mol. The van der Waals surface area contributed by atoms with Crippen LogP contribution < -0.4 is 4.90 Å². The van der Waals surface area contributed by atoms with Gasteiger partial charge in [0.1, 0.15) is 11.6 Å². The van der Waals surface area contributed by atoms with Gasteiger partial charge >= 0.3 is 0 Å². The fraction of sp³-hybridized carbons (Fsp3) is 0.121. The van der Waals surface area contributed by atoms with Crippen molar-refractivity contribution < 1.29 is 5.11 Å². The molecular weight excluding hydrogens is 440 g/mol. The summed E-state index contributed by atoms with van der Waals surface area (Å²) >= 11 is 0. The molecule has 0 fully saturated rings. The Bertz CT molecular complexity index is 1420. The standard InChI is InChI=1S/C33H30N2O/c1-25-21-30(36)17-18-31(25)32-22-29(28-15-9-4-10-16-28)23-33(34-32)35(24-27-13-7-3-8-14-27)20-19-26-11-5-2-6-12-26/h2-18,21-23,36H,19-20,24H2,1H3. The summed E-state index contributed by atoms with van der Waals surface area (Å²) in [7, 11) is 0. The molecule has 3 nitrogen and oxygen atoms in total. The molecule has 5 rings (SSSR count). The van der Waals surface area contributed by atoms with Crippen LogP contribution in [0.2, 0.25) is 0 Å².